The number of thiophene rings is 1. The second-order valence-corrected chi connectivity index (χ2v) is 6.33. The number of aromatic nitrogens is 2. The molecule has 118 valence electrons. The molecule has 0 saturated carbocycles. The normalized spacial score (nSPS) is 10.7. The molecule has 0 bridgehead atoms. The van der Waals surface area contributed by atoms with E-state index in [9.17, 15) is 9.90 Å². The van der Waals surface area contributed by atoms with E-state index in [1.807, 2.05) is 43.3 Å². The summed E-state index contributed by atoms with van der Waals surface area (Å²) < 4.78 is 0. The number of fused-ring (bicyclic) bond motifs is 1. The number of carboxylic acids is 1. The number of nitrogens with zero attached hydrogens (tertiary/aromatic N) is 3. The van der Waals surface area contributed by atoms with Gasteiger partial charge in [-0.3, -0.25) is 0 Å². The molecule has 2 N–H and O–H groups in total. The Morgan fingerprint density at radius 1 is 1.22 bits per heavy atom. The van der Waals surface area contributed by atoms with Crippen LogP contribution in [-0.4, -0.2) is 35.1 Å². The topological polar surface area (TPSA) is 78.3 Å². The zero-order valence-corrected chi connectivity index (χ0v) is 13.8. The Hall–Kier alpha value is -2.67. The highest BCUT2D eigenvalue weighted by Gasteiger charge is 2.18. The predicted octanol–water partition coefficient (Wildman–Crippen LogP) is 3.51. The van der Waals surface area contributed by atoms with Crippen molar-refractivity contribution < 1.29 is 9.90 Å². The number of nitrogens with one attached hydrogen (secondary N) is 1. The molecule has 0 amide bonds. The minimum absolute atomic E-state index is 0.298. The third-order valence-corrected chi connectivity index (χ3v) is 4.76. The van der Waals surface area contributed by atoms with Crippen LogP contribution < -0.4 is 10.2 Å². The zero-order chi connectivity index (χ0) is 16.6. The largest absolute Gasteiger partial charge is 0.477 e. The molecule has 0 spiro atoms. The fourth-order valence-electron chi connectivity index (χ4n) is 2.35. The van der Waals surface area contributed by atoms with Crippen molar-refractivity contribution in [2.75, 3.05) is 24.3 Å². The van der Waals surface area contributed by atoms with Crippen LogP contribution in [0, 0.1) is 6.92 Å². The van der Waals surface area contributed by atoms with E-state index in [0.717, 1.165) is 16.8 Å². The fraction of sp³-hybridized carbons (Fsp3) is 0.188. The highest BCUT2D eigenvalue weighted by atomic mass is 32.1. The molecular formula is C16H16N4O2S. The quantitative estimate of drug-likeness (QED) is 0.763. The maximum Gasteiger partial charge on any atom is 0.346 e. The molecule has 7 heteroatoms. The van der Waals surface area contributed by atoms with E-state index >= 15 is 0 Å². The molecule has 2 aromatic heterocycles. The summed E-state index contributed by atoms with van der Waals surface area (Å²) in [6, 6.07) is 7.93. The lowest BCUT2D eigenvalue weighted by molar-refractivity contribution is 0.0701. The number of carboxylic acid groups (broad SMARTS) is 1. The van der Waals surface area contributed by atoms with Crippen LogP contribution in [0.5, 0.6) is 0 Å². The molecule has 0 aliphatic carbocycles. The number of aromatic carboxylic acids is 1. The zero-order valence-electron chi connectivity index (χ0n) is 13.0. The van der Waals surface area contributed by atoms with Crippen molar-refractivity contribution in [2.24, 2.45) is 0 Å². The van der Waals surface area contributed by atoms with Crippen LogP contribution in [0.3, 0.4) is 0 Å². The van der Waals surface area contributed by atoms with Gasteiger partial charge < -0.3 is 15.3 Å². The molecule has 0 radical (unpaired) electrons. The maximum atomic E-state index is 11.3. The van der Waals surface area contributed by atoms with Crippen molar-refractivity contribution in [1.29, 1.82) is 0 Å². The standard InChI is InChI=1S/C16H16N4O2S/c1-9-12-14(17-8-18-15(12)23-13(9)16(21)22)19-10-4-6-11(7-5-10)20(2)3/h4-8H,1-3H3,(H,21,22)(H,17,18,19). The van der Waals surface area contributed by atoms with Crippen LogP contribution in [0.1, 0.15) is 15.2 Å². The Labute approximate surface area is 137 Å². The number of anilines is 3. The molecular weight excluding hydrogens is 312 g/mol. The Morgan fingerprint density at radius 2 is 1.91 bits per heavy atom. The third kappa shape index (κ3) is 2.83. The smallest absolute Gasteiger partial charge is 0.346 e. The van der Waals surface area contributed by atoms with Crippen molar-refractivity contribution >= 4 is 44.7 Å². The van der Waals surface area contributed by atoms with Crippen molar-refractivity contribution in [3.8, 4) is 0 Å². The summed E-state index contributed by atoms with van der Waals surface area (Å²) in [4.78, 5) is 22.7. The average Bonchev–Trinajstić information content (AvgIpc) is 2.86. The number of benzene rings is 1. The third-order valence-electron chi connectivity index (χ3n) is 3.57. The van der Waals surface area contributed by atoms with E-state index < -0.39 is 5.97 Å². The van der Waals surface area contributed by atoms with Gasteiger partial charge in [-0.1, -0.05) is 0 Å². The van der Waals surface area contributed by atoms with Gasteiger partial charge in [0, 0.05) is 25.5 Å². The van der Waals surface area contributed by atoms with Gasteiger partial charge in [0.15, 0.2) is 0 Å². The molecule has 0 aliphatic rings. The van der Waals surface area contributed by atoms with Crippen LogP contribution in [0.4, 0.5) is 17.2 Å². The van der Waals surface area contributed by atoms with Crippen LogP contribution in [0.15, 0.2) is 30.6 Å². The minimum atomic E-state index is -0.938. The molecule has 0 atom stereocenters. The number of rotatable bonds is 4. The van der Waals surface area contributed by atoms with Crippen LogP contribution >= 0.6 is 11.3 Å². The van der Waals surface area contributed by atoms with Crippen molar-refractivity contribution in [3.63, 3.8) is 0 Å². The summed E-state index contributed by atoms with van der Waals surface area (Å²) in [5.74, 6) is -0.319. The molecule has 6 nitrogen and oxygen atoms in total. The first-order chi connectivity index (χ1) is 11.0. The molecule has 0 saturated heterocycles. The number of aryl methyl sites for hydroxylation is 1. The van der Waals surface area contributed by atoms with E-state index in [2.05, 4.69) is 15.3 Å². The molecule has 0 unspecified atom stereocenters. The van der Waals surface area contributed by atoms with Crippen molar-refractivity contribution in [3.05, 3.63) is 41.0 Å². The molecule has 3 rings (SSSR count). The lowest BCUT2D eigenvalue weighted by Crippen LogP contribution is -2.08. The van der Waals surface area contributed by atoms with Gasteiger partial charge in [-0.15, -0.1) is 11.3 Å². The van der Waals surface area contributed by atoms with Crippen LogP contribution in [-0.2, 0) is 0 Å². The van der Waals surface area contributed by atoms with E-state index in [4.69, 9.17) is 0 Å². The summed E-state index contributed by atoms with van der Waals surface area (Å²) in [6.07, 6.45) is 1.44. The van der Waals surface area contributed by atoms with Gasteiger partial charge in [0.1, 0.15) is 21.9 Å². The monoisotopic (exact) mass is 328 g/mol. The van der Waals surface area contributed by atoms with Gasteiger partial charge >= 0.3 is 5.97 Å². The predicted molar refractivity (Wildman–Crippen MR) is 93.2 cm³/mol. The van der Waals surface area contributed by atoms with Crippen LogP contribution in [0.25, 0.3) is 10.2 Å². The second-order valence-electron chi connectivity index (χ2n) is 5.33. The molecule has 3 aromatic rings. The Morgan fingerprint density at radius 3 is 2.52 bits per heavy atom. The van der Waals surface area contributed by atoms with Crippen LogP contribution in [0.2, 0.25) is 0 Å². The molecule has 0 fully saturated rings. The van der Waals surface area contributed by atoms with Crippen molar-refractivity contribution in [2.45, 2.75) is 6.92 Å². The van der Waals surface area contributed by atoms with Gasteiger partial charge in [-0.05, 0) is 36.8 Å². The summed E-state index contributed by atoms with van der Waals surface area (Å²) >= 11 is 1.17. The lowest BCUT2D eigenvalue weighted by Gasteiger charge is -2.13. The lowest BCUT2D eigenvalue weighted by atomic mass is 10.2. The first-order valence-corrected chi connectivity index (χ1v) is 7.81. The average molecular weight is 328 g/mol. The van der Waals surface area contributed by atoms with Gasteiger partial charge in [0.25, 0.3) is 0 Å². The van der Waals surface area contributed by atoms with Gasteiger partial charge in [-0.25, -0.2) is 14.8 Å². The van der Waals surface area contributed by atoms with Gasteiger partial charge in [0.2, 0.25) is 0 Å². The Kier molecular flexibility index (Phi) is 3.87. The second kappa shape index (κ2) is 5.85. The van der Waals surface area contributed by atoms with E-state index in [1.165, 1.54) is 17.7 Å². The minimum Gasteiger partial charge on any atom is -0.477 e. The number of carbonyl (C=O) groups is 1. The summed E-state index contributed by atoms with van der Waals surface area (Å²) in [5.41, 5.74) is 2.67. The molecule has 1 aromatic carbocycles. The first kappa shape index (κ1) is 15.2. The van der Waals surface area contributed by atoms with Crippen molar-refractivity contribution in [1.82, 2.24) is 9.97 Å². The van der Waals surface area contributed by atoms with E-state index in [0.29, 0.717) is 21.1 Å². The highest BCUT2D eigenvalue weighted by Crippen LogP contribution is 2.34. The summed E-state index contributed by atoms with van der Waals surface area (Å²) in [6.45, 7) is 1.78. The molecule has 2 heterocycles. The molecule has 23 heavy (non-hydrogen) atoms. The summed E-state index contributed by atoms with van der Waals surface area (Å²) in [7, 11) is 3.97. The number of hydrogen-bond donors (Lipinski definition) is 2. The number of hydrogen-bond acceptors (Lipinski definition) is 6. The SMILES string of the molecule is Cc1c(C(=O)O)sc2ncnc(Nc3ccc(N(C)C)cc3)c12. The van der Waals surface area contributed by atoms with E-state index in [-0.39, 0.29) is 0 Å². The van der Waals surface area contributed by atoms with E-state index in [1.54, 1.807) is 6.92 Å². The molecule has 0 aliphatic heterocycles. The van der Waals surface area contributed by atoms with Gasteiger partial charge in [-0.2, -0.15) is 0 Å². The highest BCUT2D eigenvalue weighted by molar-refractivity contribution is 7.20. The summed E-state index contributed by atoms with van der Waals surface area (Å²) in [5, 5.41) is 13.3. The fourth-order valence-corrected chi connectivity index (χ4v) is 3.34. The maximum absolute atomic E-state index is 11.3. The van der Waals surface area contributed by atoms with Gasteiger partial charge in [0.05, 0.1) is 5.39 Å². The Balaban J connectivity index is 2.01. The Bertz CT molecular complexity index is 872. The first-order valence-electron chi connectivity index (χ1n) is 6.99.